The van der Waals surface area contributed by atoms with Crippen LogP contribution in [0.1, 0.15) is 17.3 Å². The Kier molecular flexibility index (Phi) is 5.31. The predicted molar refractivity (Wildman–Crippen MR) is 97.8 cm³/mol. The SMILES string of the molecule is CCOC(=O)Cn1c(=NC(=O)c2ccccc2)sc2cccc(Cl)c21. The van der Waals surface area contributed by atoms with Crippen LogP contribution in [-0.2, 0) is 16.1 Å². The Hall–Kier alpha value is -2.44. The molecule has 128 valence electrons. The van der Waals surface area contributed by atoms with Crippen molar-refractivity contribution in [2.45, 2.75) is 13.5 Å². The van der Waals surface area contributed by atoms with E-state index in [1.807, 2.05) is 18.2 Å². The largest absolute Gasteiger partial charge is 0.465 e. The van der Waals surface area contributed by atoms with E-state index < -0.39 is 5.97 Å². The summed E-state index contributed by atoms with van der Waals surface area (Å²) < 4.78 is 7.49. The molecule has 0 N–H and O–H groups in total. The van der Waals surface area contributed by atoms with E-state index in [4.69, 9.17) is 16.3 Å². The number of benzene rings is 2. The van der Waals surface area contributed by atoms with Gasteiger partial charge < -0.3 is 9.30 Å². The molecule has 1 amide bonds. The van der Waals surface area contributed by atoms with Crippen LogP contribution >= 0.6 is 22.9 Å². The Morgan fingerprint density at radius 1 is 1.16 bits per heavy atom. The lowest BCUT2D eigenvalue weighted by Gasteiger charge is -2.06. The summed E-state index contributed by atoms with van der Waals surface area (Å²) in [7, 11) is 0. The van der Waals surface area contributed by atoms with Crippen molar-refractivity contribution < 1.29 is 14.3 Å². The lowest BCUT2D eigenvalue weighted by Crippen LogP contribution is -2.23. The number of halogens is 1. The van der Waals surface area contributed by atoms with Gasteiger partial charge in [-0.1, -0.05) is 47.2 Å². The van der Waals surface area contributed by atoms with Gasteiger partial charge in [-0.15, -0.1) is 0 Å². The molecule has 0 saturated carbocycles. The Morgan fingerprint density at radius 3 is 2.64 bits per heavy atom. The Balaban J connectivity index is 2.13. The van der Waals surface area contributed by atoms with Crippen molar-refractivity contribution in [3.05, 3.63) is 63.9 Å². The maximum atomic E-state index is 12.4. The fraction of sp³-hybridized carbons (Fsp3) is 0.167. The Bertz CT molecular complexity index is 992. The number of ether oxygens (including phenoxy) is 1. The van der Waals surface area contributed by atoms with Crippen molar-refractivity contribution in [2.24, 2.45) is 4.99 Å². The normalized spacial score (nSPS) is 11.7. The van der Waals surface area contributed by atoms with Crippen LogP contribution in [0.5, 0.6) is 0 Å². The number of hydrogen-bond donors (Lipinski definition) is 0. The minimum absolute atomic E-state index is 0.0571. The lowest BCUT2D eigenvalue weighted by atomic mass is 10.2. The number of aromatic nitrogens is 1. The quantitative estimate of drug-likeness (QED) is 0.655. The summed E-state index contributed by atoms with van der Waals surface area (Å²) in [6.07, 6.45) is 0. The van der Waals surface area contributed by atoms with E-state index in [1.54, 1.807) is 41.8 Å². The van der Waals surface area contributed by atoms with Crippen LogP contribution < -0.4 is 4.80 Å². The van der Waals surface area contributed by atoms with E-state index in [0.29, 0.717) is 20.9 Å². The first kappa shape index (κ1) is 17.4. The third kappa shape index (κ3) is 3.81. The predicted octanol–water partition coefficient (Wildman–Crippen LogP) is 3.66. The van der Waals surface area contributed by atoms with Crippen molar-refractivity contribution in [1.82, 2.24) is 4.57 Å². The molecule has 1 aromatic heterocycles. The van der Waals surface area contributed by atoms with Crippen LogP contribution in [0.25, 0.3) is 10.2 Å². The highest BCUT2D eigenvalue weighted by Gasteiger charge is 2.14. The maximum absolute atomic E-state index is 12.4. The second-order valence-corrected chi connectivity index (χ2v) is 6.56. The molecule has 7 heteroatoms. The van der Waals surface area contributed by atoms with Gasteiger partial charge in [-0.3, -0.25) is 9.59 Å². The summed E-state index contributed by atoms with van der Waals surface area (Å²) in [5, 5.41) is 0.492. The van der Waals surface area contributed by atoms with Gasteiger partial charge in [0.25, 0.3) is 5.91 Å². The topological polar surface area (TPSA) is 60.7 Å². The second kappa shape index (κ2) is 7.63. The summed E-state index contributed by atoms with van der Waals surface area (Å²) in [5.41, 5.74) is 1.15. The van der Waals surface area contributed by atoms with Crippen LogP contribution in [0.4, 0.5) is 0 Å². The third-order valence-electron chi connectivity index (χ3n) is 3.46. The molecule has 0 spiro atoms. The molecule has 1 heterocycles. The summed E-state index contributed by atoms with van der Waals surface area (Å²) in [6.45, 7) is 1.97. The highest BCUT2D eigenvalue weighted by atomic mass is 35.5. The van der Waals surface area contributed by atoms with Crippen molar-refractivity contribution in [1.29, 1.82) is 0 Å². The minimum Gasteiger partial charge on any atom is -0.465 e. The molecular weight excluding hydrogens is 360 g/mol. The molecule has 25 heavy (non-hydrogen) atoms. The number of thiazole rings is 1. The summed E-state index contributed by atoms with van der Waals surface area (Å²) in [6, 6.07) is 14.2. The average molecular weight is 375 g/mol. The van der Waals surface area contributed by atoms with Crippen LogP contribution in [-0.4, -0.2) is 23.1 Å². The number of fused-ring (bicyclic) bond motifs is 1. The summed E-state index contributed by atoms with van der Waals surface area (Å²) in [4.78, 5) is 29.0. The fourth-order valence-corrected chi connectivity index (χ4v) is 3.77. The van der Waals surface area contributed by atoms with Gasteiger partial charge in [-0.25, -0.2) is 0 Å². The van der Waals surface area contributed by atoms with Gasteiger partial charge in [-0.2, -0.15) is 4.99 Å². The van der Waals surface area contributed by atoms with Gasteiger partial charge >= 0.3 is 5.97 Å². The fourth-order valence-electron chi connectivity index (χ4n) is 2.39. The van der Waals surface area contributed by atoms with Gasteiger partial charge in [0, 0.05) is 5.56 Å². The van der Waals surface area contributed by atoms with Crippen molar-refractivity contribution in [3.8, 4) is 0 Å². The first-order chi connectivity index (χ1) is 12.1. The zero-order valence-electron chi connectivity index (χ0n) is 13.4. The lowest BCUT2D eigenvalue weighted by molar-refractivity contribution is -0.143. The number of para-hydroxylation sites is 1. The zero-order chi connectivity index (χ0) is 17.8. The molecule has 3 rings (SSSR count). The van der Waals surface area contributed by atoms with E-state index in [2.05, 4.69) is 4.99 Å². The number of hydrogen-bond acceptors (Lipinski definition) is 4. The van der Waals surface area contributed by atoms with Crippen molar-refractivity contribution in [2.75, 3.05) is 6.61 Å². The Labute approximate surface area is 153 Å². The van der Waals surface area contributed by atoms with Gasteiger partial charge in [0.2, 0.25) is 0 Å². The van der Waals surface area contributed by atoms with E-state index in [9.17, 15) is 9.59 Å². The maximum Gasteiger partial charge on any atom is 0.326 e. The number of carbonyl (C=O) groups is 2. The minimum atomic E-state index is -0.407. The molecule has 0 aliphatic rings. The van der Waals surface area contributed by atoms with Gasteiger partial charge in [0.05, 0.1) is 21.8 Å². The molecule has 0 bridgehead atoms. The molecule has 0 aliphatic carbocycles. The van der Waals surface area contributed by atoms with Crippen LogP contribution in [0.2, 0.25) is 5.02 Å². The number of amides is 1. The van der Waals surface area contributed by atoms with Crippen LogP contribution in [0.3, 0.4) is 0 Å². The van der Waals surface area contributed by atoms with E-state index in [1.165, 1.54) is 11.3 Å². The zero-order valence-corrected chi connectivity index (χ0v) is 15.0. The molecule has 0 atom stereocenters. The van der Waals surface area contributed by atoms with E-state index in [0.717, 1.165) is 4.70 Å². The molecule has 0 aliphatic heterocycles. The standard InChI is InChI=1S/C18H15ClN2O3S/c1-2-24-15(22)11-21-16-13(19)9-6-10-14(16)25-18(21)20-17(23)12-7-4-3-5-8-12/h3-10H,2,11H2,1H3. The highest BCUT2D eigenvalue weighted by Crippen LogP contribution is 2.25. The van der Waals surface area contributed by atoms with Crippen LogP contribution in [0.15, 0.2) is 53.5 Å². The van der Waals surface area contributed by atoms with Crippen LogP contribution in [0, 0.1) is 0 Å². The first-order valence-electron chi connectivity index (χ1n) is 7.67. The molecular formula is C18H15ClN2O3S. The van der Waals surface area contributed by atoms with Crippen molar-refractivity contribution >= 4 is 45.0 Å². The summed E-state index contributed by atoms with van der Waals surface area (Å²) in [5.74, 6) is -0.781. The number of rotatable bonds is 4. The highest BCUT2D eigenvalue weighted by molar-refractivity contribution is 7.16. The monoisotopic (exact) mass is 374 g/mol. The average Bonchev–Trinajstić information content (AvgIpc) is 2.94. The molecule has 0 fully saturated rings. The molecule has 5 nitrogen and oxygen atoms in total. The molecule has 0 radical (unpaired) electrons. The first-order valence-corrected chi connectivity index (χ1v) is 8.87. The van der Waals surface area contributed by atoms with Gasteiger partial charge in [-0.05, 0) is 31.2 Å². The summed E-state index contributed by atoms with van der Waals surface area (Å²) >= 11 is 7.60. The van der Waals surface area contributed by atoms with Gasteiger partial charge in [0.1, 0.15) is 6.54 Å². The third-order valence-corrected chi connectivity index (χ3v) is 4.81. The second-order valence-electron chi connectivity index (χ2n) is 5.15. The Morgan fingerprint density at radius 2 is 1.92 bits per heavy atom. The molecule has 0 unspecified atom stereocenters. The van der Waals surface area contributed by atoms with E-state index >= 15 is 0 Å². The van der Waals surface area contributed by atoms with E-state index in [-0.39, 0.29) is 19.1 Å². The smallest absolute Gasteiger partial charge is 0.326 e. The molecule has 0 saturated heterocycles. The number of carbonyl (C=O) groups excluding carboxylic acids is 2. The van der Waals surface area contributed by atoms with Gasteiger partial charge in [0.15, 0.2) is 4.80 Å². The number of nitrogens with zero attached hydrogens (tertiary/aromatic N) is 2. The molecule has 2 aromatic carbocycles. The molecule has 3 aromatic rings. The number of esters is 1. The van der Waals surface area contributed by atoms with Crippen molar-refractivity contribution in [3.63, 3.8) is 0 Å².